The van der Waals surface area contributed by atoms with Gasteiger partial charge in [-0.05, 0) is 30.7 Å². The van der Waals surface area contributed by atoms with Gasteiger partial charge in [-0.2, -0.15) is 0 Å². The number of rotatable bonds is 4. The average molecular weight is 293 g/mol. The molecule has 0 saturated carbocycles. The van der Waals surface area contributed by atoms with Gasteiger partial charge in [0.2, 0.25) is 0 Å². The van der Waals surface area contributed by atoms with Crippen LogP contribution in [0.2, 0.25) is 0 Å². The summed E-state index contributed by atoms with van der Waals surface area (Å²) in [6.07, 6.45) is 1.14. The molecule has 2 aliphatic heterocycles. The highest BCUT2D eigenvalue weighted by Gasteiger charge is 2.40. The number of nitrogens with one attached hydrogen (secondary N) is 2. The van der Waals surface area contributed by atoms with Gasteiger partial charge in [0, 0.05) is 25.0 Å². The summed E-state index contributed by atoms with van der Waals surface area (Å²) in [6.45, 7) is 2.31. The van der Waals surface area contributed by atoms with E-state index in [1.165, 1.54) is 6.07 Å². The molecule has 1 aromatic rings. The monoisotopic (exact) mass is 293 g/mol. The van der Waals surface area contributed by atoms with Gasteiger partial charge in [0.15, 0.2) is 0 Å². The van der Waals surface area contributed by atoms with E-state index < -0.39 is 5.97 Å². The molecule has 0 bridgehead atoms. The van der Waals surface area contributed by atoms with Crippen molar-refractivity contribution in [2.45, 2.75) is 24.9 Å². The van der Waals surface area contributed by atoms with Gasteiger partial charge >= 0.3 is 5.97 Å². The Hall–Kier alpha value is -1.50. The van der Waals surface area contributed by atoms with Gasteiger partial charge in [0.05, 0.1) is 12.5 Å². The van der Waals surface area contributed by atoms with E-state index in [1.807, 2.05) is 6.07 Å². The SMILES string of the molecule is O=C(O)CCN1CCC2NNC(c3cccc(F)c3)C2C1. The quantitative estimate of drug-likeness (QED) is 0.777. The van der Waals surface area contributed by atoms with Crippen molar-refractivity contribution in [3.63, 3.8) is 0 Å². The van der Waals surface area contributed by atoms with Gasteiger partial charge in [-0.25, -0.2) is 9.82 Å². The number of hydrogen-bond acceptors (Lipinski definition) is 4. The summed E-state index contributed by atoms with van der Waals surface area (Å²) in [5.41, 5.74) is 7.50. The zero-order valence-corrected chi connectivity index (χ0v) is 11.8. The first kappa shape index (κ1) is 14.4. The second-order valence-corrected chi connectivity index (χ2v) is 5.82. The minimum absolute atomic E-state index is 0.0679. The molecule has 3 rings (SSSR count). The maximum atomic E-state index is 13.4. The molecule has 114 valence electrons. The molecule has 2 saturated heterocycles. The van der Waals surface area contributed by atoms with Gasteiger partial charge in [0.25, 0.3) is 0 Å². The zero-order chi connectivity index (χ0) is 14.8. The first-order chi connectivity index (χ1) is 10.1. The Bertz CT molecular complexity index is 525. The van der Waals surface area contributed by atoms with Gasteiger partial charge in [-0.3, -0.25) is 10.2 Å². The molecule has 0 amide bonds. The van der Waals surface area contributed by atoms with Crippen molar-refractivity contribution in [3.8, 4) is 0 Å². The third kappa shape index (κ3) is 3.23. The lowest BCUT2D eigenvalue weighted by molar-refractivity contribution is -0.137. The van der Waals surface area contributed by atoms with Crippen LogP contribution in [-0.2, 0) is 4.79 Å². The Balaban J connectivity index is 1.69. The van der Waals surface area contributed by atoms with Crippen molar-refractivity contribution in [3.05, 3.63) is 35.6 Å². The number of aliphatic carboxylic acids is 1. The van der Waals surface area contributed by atoms with E-state index >= 15 is 0 Å². The second-order valence-electron chi connectivity index (χ2n) is 5.82. The zero-order valence-electron chi connectivity index (χ0n) is 11.8. The third-order valence-corrected chi connectivity index (χ3v) is 4.44. The first-order valence-corrected chi connectivity index (χ1v) is 7.34. The summed E-state index contributed by atoms with van der Waals surface area (Å²) in [5, 5.41) is 8.80. The maximum Gasteiger partial charge on any atom is 0.304 e. The summed E-state index contributed by atoms with van der Waals surface area (Å²) in [7, 11) is 0. The molecule has 1 aromatic carbocycles. The number of benzene rings is 1. The van der Waals surface area contributed by atoms with Crippen LogP contribution in [-0.4, -0.2) is 41.7 Å². The Morgan fingerprint density at radius 2 is 2.29 bits per heavy atom. The second kappa shape index (κ2) is 6.09. The molecule has 2 fully saturated rings. The van der Waals surface area contributed by atoms with Crippen molar-refractivity contribution >= 4 is 5.97 Å². The van der Waals surface area contributed by atoms with E-state index in [4.69, 9.17) is 5.11 Å². The number of nitrogens with zero attached hydrogens (tertiary/aromatic N) is 1. The van der Waals surface area contributed by atoms with Crippen molar-refractivity contribution < 1.29 is 14.3 Å². The Morgan fingerprint density at radius 1 is 1.43 bits per heavy atom. The minimum Gasteiger partial charge on any atom is -0.481 e. The third-order valence-electron chi connectivity index (χ3n) is 4.44. The molecule has 2 heterocycles. The Kier molecular flexibility index (Phi) is 4.19. The van der Waals surface area contributed by atoms with Crippen molar-refractivity contribution in [2.75, 3.05) is 19.6 Å². The molecule has 0 radical (unpaired) electrons. The highest BCUT2D eigenvalue weighted by Crippen LogP contribution is 2.33. The number of hydrogen-bond donors (Lipinski definition) is 3. The number of hydrazine groups is 1. The molecule has 0 aliphatic carbocycles. The molecule has 3 unspecified atom stereocenters. The van der Waals surface area contributed by atoms with Crippen LogP contribution in [0.4, 0.5) is 4.39 Å². The minimum atomic E-state index is -0.763. The predicted octanol–water partition coefficient (Wildman–Crippen LogP) is 1.14. The fourth-order valence-corrected chi connectivity index (χ4v) is 3.36. The van der Waals surface area contributed by atoms with Crippen LogP contribution >= 0.6 is 0 Å². The van der Waals surface area contributed by atoms with Crippen molar-refractivity contribution in [1.82, 2.24) is 15.8 Å². The van der Waals surface area contributed by atoms with Gasteiger partial charge in [0.1, 0.15) is 5.82 Å². The first-order valence-electron chi connectivity index (χ1n) is 7.34. The number of fused-ring (bicyclic) bond motifs is 1. The highest BCUT2D eigenvalue weighted by molar-refractivity contribution is 5.66. The number of piperidine rings is 1. The largest absolute Gasteiger partial charge is 0.481 e. The predicted molar refractivity (Wildman–Crippen MR) is 76.0 cm³/mol. The lowest BCUT2D eigenvalue weighted by Gasteiger charge is -2.35. The number of carbonyl (C=O) groups is 1. The van der Waals surface area contributed by atoms with E-state index in [9.17, 15) is 9.18 Å². The van der Waals surface area contributed by atoms with Crippen molar-refractivity contribution in [1.29, 1.82) is 0 Å². The normalized spacial score (nSPS) is 29.3. The highest BCUT2D eigenvalue weighted by atomic mass is 19.1. The van der Waals surface area contributed by atoms with Crippen LogP contribution in [0.3, 0.4) is 0 Å². The van der Waals surface area contributed by atoms with E-state index in [0.717, 1.165) is 25.1 Å². The number of carboxylic acids is 1. The summed E-state index contributed by atoms with van der Waals surface area (Å²) in [6, 6.07) is 7.10. The number of halogens is 1. The smallest absolute Gasteiger partial charge is 0.304 e. The molecule has 2 aliphatic rings. The summed E-state index contributed by atoms with van der Waals surface area (Å²) in [4.78, 5) is 12.9. The fourth-order valence-electron chi connectivity index (χ4n) is 3.36. The molecule has 5 nitrogen and oxygen atoms in total. The standard InChI is InChI=1S/C15H20FN3O2/c16-11-3-1-2-10(8-11)15-12-9-19(7-5-14(20)21)6-4-13(12)17-18-15/h1-3,8,12-13,15,17-18H,4-7,9H2,(H,20,21). The van der Waals surface area contributed by atoms with Crippen LogP contribution in [0.5, 0.6) is 0 Å². The van der Waals surface area contributed by atoms with Crippen LogP contribution in [0.25, 0.3) is 0 Å². The van der Waals surface area contributed by atoms with Crippen LogP contribution in [0, 0.1) is 11.7 Å². The fraction of sp³-hybridized carbons (Fsp3) is 0.533. The van der Waals surface area contributed by atoms with Crippen LogP contribution in [0.1, 0.15) is 24.4 Å². The molecule has 0 aromatic heterocycles. The van der Waals surface area contributed by atoms with E-state index in [2.05, 4.69) is 15.8 Å². The lowest BCUT2D eigenvalue weighted by Crippen LogP contribution is -2.46. The van der Waals surface area contributed by atoms with Crippen LogP contribution in [0.15, 0.2) is 24.3 Å². The Morgan fingerprint density at radius 3 is 3.05 bits per heavy atom. The van der Waals surface area contributed by atoms with Gasteiger partial charge < -0.3 is 10.0 Å². The lowest BCUT2D eigenvalue weighted by atomic mass is 9.85. The van der Waals surface area contributed by atoms with Gasteiger partial charge in [-0.1, -0.05) is 12.1 Å². The van der Waals surface area contributed by atoms with Gasteiger partial charge in [-0.15, -0.1) is 0 Å². The molecule has 0 spiro atoms. The Labute approximate surface area is 123 Å². The summed E-state index contributed by atoms with van der Waals surface area (Å²) >= 11 is 0. The average Bonchev–Trinajstić information content (AvgIpc) is 2.88. The van der Waals surface area contributed by atoms with Crippen LogP contribution < -0.4 is 10.9 Å². The number of likely N-dealkylation sites (tertiary alicyclic amines) is 1. The van der Waals surface area contributed by atoms with E-state index in [-0.39, 0.29) is 18.3 Å². The molecule has 3 atom stereocenters. The van der Waals surface area contributed by atoms with Crippen molar-refractivity contribution in [2.24, 2.45) is 5.92 Å². The molecule has 21 heavy (non-hydrogen) atoms. The summed E-state index contributed by atoms with van der Waals surface area (Å²) < 4.78 is 13.4. The van der Waals surface area contributed by atoms with E-state index in [0.29, 0.717) is 18.5 Å². The van der Waals surface area contributed by atoms with E-state index in [1.54, 1.807) is 12.1 Å². The topological polar surface area (TPSA) is 64.6 Å². The maximum absolute atomic E-state index is 13.4. The molecular formula is C15H20FN3O2. The number of carboxylic acid groups (broad SMARTS) is 1. The molecule has 6 heteroatoms. The molecular weight excluding hydrogens is 273 g/mol. The summed E-state index contributed by atoms with van der Waals surface area (Å²) in [5.74, 6) is -0.660. The molecule has 3 N–H and O–H groups in total.